The molecule has 1 aliphatic carbocycles. The van der Waals surface area contributed by atoms with Crippen LogP contribution in [0.15, 0.2) is 0 Å². The van der Waals surface area contributed by atoms with Crippen molar-refractivity contribution in [3.63, 3.8) is 0 Å². The van der Waals surface area contributed by atoms with Crippen molar-refractivity contribution >= 4 is 5.91 Å². The molecule has 1 N–H and O–H groups in total. The number of nitrogens with one attached hydrogen (secondary N) is 1. The van der Waals surface area contributed by atoms with E-state index in [1.165, 1.54) is 0 Å². The number of nitrogens with zero attached hydrogens (tertiary/aromatic N) is 1. The first kappa shape index (κ1) is 12.8. The molecule has 2 aliphatic rings. The van der Waals surface area contributed by atoms with Crippen LogP contribution in [0.2, 0.25) is 0 Å². The number of carbonyl (C=O) groups excluding carboxylic acids is 1. The van der Waals surface area contributed by atoms with Crippen LogP contribution in [-0.2, 0) is 9.53 Å². The fourth-order valence-electron chi connectivity index (χ4n) is 2.05. The van der Waals surface area contributed by atoms with Crippen LogP contribution in [0.3, 0.4) is 0 Å². The van der Waals surface area contributed by atoms with Gasteiger partial charge in [0, 0.05) is 31.1 Å². The minimum absolute atomic E-state index is 0.103. The van der Waals surface area contributed by atoms with Gasteiger partial charge in [0.05, 0.1) is 12.7 Å². The zero-order valence-electron chi connectivity index (χ0n) is 11.2. The SMILES string of the molecule is CC(C)(C)NC[C@@H]1CN(C(=O)C2CC2)CCO1. The van der Waals surface area contributed by atoms with Crippen LogP contribution in [0.5, 0.6) is 0 Å². The van der Waals surface area contributed by atoms with Crippen LogP contribution in [0.1, 0.15) is 33.6 Å². The molecule has 0 spiro atoms. The molecule has 4 nitrogen and oxygen atoms in total. The standard InChI is InChI=1S/C13H24N2O2/c1-13(2,3)14-8-11-9-15(6-7-17-11)12(16)10-4-5-10/h10-11,14H,4-9H2,1-3H3/t11-/m1/s1. The van der Waals surface area contributed by atoms with E-state index in [0.29, 0.717) is 18.4 Å². The van der Waals surface area contributed by atoms with Crippen LogP contribution in [-0.4, -0.2) is 48.7 Å². The summed E-state index contributed by atoms with van der Waals surface area (Å²) < 4.78 is 5.70. The monoisotopic (exact) mass is 240 g/mol. The predicted octanol–water partition coefficient (Wildman–Crippen LogP) is 1.01. The number of rotatable bonds is 3. The lowest BCUT2D eigenvalue weighted by Gasteiger charge is -2.34. The van der Waals surface area contributed by atoms with E-state index >= 15 is 0 Å². The molecule has 1 saturated heterocycles. The van der Waals surface area contributed by atoms with Crippen LogP contribution in [0.4, 0.5) is 0 Å². The Kier molecular flexibility index (Phi) is 3.73. The van der Waals surface area contributed by atoms with Gasteiger partial charge in [0.1, 0.15) is 0 Å². The topological polar surface area (TPSA) is 41.6 Å². The summed E-state index contributed by atoms with van der Waals surface area (Å²) in [6.45, 7) is 9.43. The fraction of sp³-hybridized carbons (Fsp3) is 0.923. The highest BCUT2D eigenvalue weighted by Gasteiger charge is 2.35. The minimum atomic E-state index is 0.103. The largest absolute Gasteiger partial charge is 0.373 e. The molecule has 0 aromatic carbocycles. The highest BCUT2D eigenvalue weighted by molar-refractivity contribution is 5.81. The highest BCUT2D eigenvalue weighted by atomic mass is 16.5. The van der Waals surface area contributed by atoms with E-state index in [1.807, 2.05) is 4.90 Å². The van der Waals surface area contributed by atoms with Crippen molar-refractivity contribution in [2.75, 3.05) is 26.2 Å². The first-order valence-corrected chi connectivity index (χ1v) is 6.61. The van der Waals surface area contributed by atoms with Crippen LogP contribution >= 0.6 is 0 Å². The molecule has 2 rings (SSSR count). The van der Waals surface area contributed by atoms with Gasteiger partial charge in [-0.05, 0) is 33.6 Å². The number of amides is 1. The molecule has 1 amide bonds. The van der Waals surface area contributed by atoms with Crippen molar-refractivity contribution in [2.45, 2.75) is 45.3 Å². The Hall–Kier alpha value is -0.610. The van der Waals surface area contributed by atoms with Crippen molar-refractivity contribution in [1.29, 1.82) is 0 Å². The lowest BCUT2D eigenvalue weighted by molar-refractivity contribution is -0.140. The summed E-state index contributed by atoms with van der Waals surface area (Å²) in [4.78, 5) is 13.9. The van der Waals surface area contributed by atoms with Gasteiger partial charge in [0.25, 0.3) is 0 Å². The lowest BCUT2D eigenvalue weighted by Crippen LogP contribution is -2.51. The molecule has 0 unspecified atom stereocenters. The Bertz CT molecular complexity index is 282. The number of morpholine rings is 1. The summed E-state index contributed by atoms with van der Waals surface area (Å²) in [6, 6.07) is 0. The summed E-state index contributed by atoms with van der Waals surface area (Å²) in [5.74, 6) is 0.665. The maximum Gasteiger partial charge on any atom is 0.225 e. The summed E-state index contributed by atoms with van der Waals surface area (Å²) in [5.41, 5.74) is 0.103. The average molecular weight is 240 g/mol. The maximum absolute atomic E-state index is 12.0. The van der Waals surface area contributed by atoms with Crippen molar-refractivity contribution in [3.8, 4) is 0 Å². The van der Waals surface area contributed by atoms with Gasteiger partial charge in [0.15, 0.2) is 0 Å². The van der Waals surface area contributed by atoms with Gasteiger partial charge in [-0.15, -0.1) is 0 Å². The first-order valence-electron chi connectivity index (χ1n) is 6.61. The number of ether oxygens (including phenoxy) is 1. The van der Waals surface area contributed by atoms with Crippen LogP contribution in [0, 0.1) is 5.92 Å². The molecule has 2 fully saturated rings. The Balaban J connectivity index is 1.78. The van der Waals surface area contributed by atoms with Gasteiger partial charge < -0.3 is 15.0 Å². The quantitative estimate of drug-likeness (QED) is 0.800. The van der Waals surface area contributed by atoms with Crippen molar-refractivity contribution in [1.82, 2.24) is 10.2 Å². The van der Waals surface area contributed by atoms with Gasteiger partial charge in [-0.3, -0.25) is 4.79 Å². The molecule has 1 saturated carbocycles. The summed E-state index contributed by atoms with van der Waals surface area (Å²) in [5, 5.41) is 3.43. The van der Waals surface area contributed by atoms with E-state index in [0.717, 1.165) is 32.5 Å². The molecule has 0 aromatic rings. The van der Waals surface area contributed by atoms with E-state index < -0.39 is 0 Å². The van der Waals surface area contributed by atoms with Crippen molar-refractivity contribution < 1.29 is 9.53 Å². The van der Waals surface area contributed by atoms with E-state index in [2.05, 4.69) is 26.1 Å². The molecule has 4 heteroatoms. The summed E-state index contributed by atoms with van der Waals surface area (Å²) >= 11 is 0. The molecular weight excluding hydrogens is 216 g/mol. The van der Waals surface area contributed by atoms with E-state index in [1.54, 1.807) is 0 Å². The molecule has 0 bridgehead atoms. The third-order valence-corrected chi connectivity index (χ3v) is 3.24. The molecule has 1 atom stereocenters. The highest BCUT2D eigenvalue weighted by Crippen LogP contribution is 2.31. The van der Waals surface area contributed by atoms with Crippen molar-refractivity contribution in [2.24, 2.45) is 5.92 Å². The zero-order valence-corrected chi connectivity index (χ0v) is 11.2. The fourth-order valence-corrected chi connectivity index (χ4v) is 2.05. The minimum Gasteiger partial charge on any atom is -0.373 e. The van der Waals surface area contributed by atoms with Crippen LogP contribution < -0.4 is 5.32 Å². The number of hydrogen-bond donors (Lipinski definition) is 1. The average Bonchev–Trinajstić information content (AvgIpc) is 3.09. The van der Waals surface area contributed by atoms with Gasteiger partial charge >= 0.3 is 0 Å². The summed E-state index contributed by atoms with van der Waals surface area (Å²) in [6.07, 6.45) is 2.31. The normalized spacial score (nSPS) is 26.1. The molecule has 98 valence electrons. The Morgan fingerprint density at radius 2 is 2.12 bits per heavy atom. The third-order valence-electron chi connectivity index (χ3n) is 3.24. The Morgan fingerprint density at radius 1 is 1.41 bits per heavy atom. The van der Waals surface area contributed by atoms with E-state index in [9.17, 15) is 4.79 Å². The third kappa shape index (κ3) is 3.96. The molecule has 0 aromatic heterocycles. The Labute approximate surface area is 104 Å². The maximum atomic E-state index is 12.0. The molecule has 17 heavy (non-hydrogen) atoms. The van der Waals surface area contributed by atoms with Crippen molar-refractivity contribution in [3.05, 3.63) is 0 Å². The Morgan fingerprint density at radius 3 is 2.71 bits per heavy atom. The second-order valence-electron chi connectivity index (χ2n) is 6.18. The number of hydrogen-bond acceptors (Lipinski definition) is 3. The van der Waals surface area contributed by atoms with Gasteiger partial charge in [-0.1, -0.05) is 0 Å². The second-order valence-corrected chi connectivity index (χ2v) is 6.18. The van der Waals surface area contributed by atoms with Crippen LogP contribution in [0.25, 0.3) is 0 Å². The lowest BCUT2D eigenvalue weighted by atomic mass is 10.1. The zero-order chi connectivity index (χ0) is 12.5. The van der Waals surface area contributed by atoms with Gasteiger partial charge in [-0.25, -0.2) is 0 Å². The van der Waals surface area contributed by atoms with Gasteiger partial charge in [-0.2, -0.15) is 0 Å². The number of carbonyl (C=O) groups is 1. The molecule has 1 heterocycles. The van der Waals surface area contributed by atoms with E-state index in [-0.39, 0.29) is 11.6 Å². The van der Waals surface area contributed by atoms with Gasteiger partial charge in [0.2, 0.25) is 5.91 Å². The second kappa shape index (κ2) is 4.94. The first-order chi connectivity index (χ1) is 7.96. The molecule has 1 aliphatic heterocycles. The smallest absolute Gasteiger partial charge is 0.225 e. The van der Waals surface area contributed by atoms with E-state index in [4.69, 9.17) is 4.74 Å². The molecule has 0 radical (unpaired) electrons. The predicted molar refractivity (Wildman–Crippen MR) is 66.8 cm³/mol. The summed E-state index contributed by atoms with van der Waals surface area (Å²) in [7, 11) is 0. The molecular formula is C13H24N2O2.